The van der Waals surface area contributed by atoms with Crippen molar-refractivity contribution in [1.82, 2.24) is 4.72 Å². The zero-order valence-corrected chi connectivity index (χ0v) is 11.9. The largest absolute Gasteiger partial charge is 0.481 e. The first-order valence-corrected chi connectivity index (χ1v) is 8.20. The number of hydrogen-bond acceptors (Lipinski definition) is 3. The summed E-state index contributed by atoms with van der Waals surface area (Å²) < 4.78 is 26.3. The summed E-state index contributed by atoms with van der Waals surface area (Å²) in [5.74, 6) is -1.28. The minimum Gasteiger partial charge on any atom is -0.481 e. The number of carboxylic acid groups (broad SMARTS) is 1. The predicted octanol–water partition coefficient (Wildman–Crippen LogP) is 1.74. The highest BCUT2D eigenvalue weighted by Gasteiger charge is 2.53. The molecule has 0 saturated heterocycles. The Morgan fingerprint density at radius 3 is 2.44 bits per heavy atom. The molecule has 0 aromatic heterocycles. The molecule has 1 rings (SSSR count). The van der Waals surface area contributed by atoms with Gasteiger partial charge < -0.3 is 5.11 Å². The second-order valence-corrected chi connectivity index (χ2v) is 7.11. The number of hydrogen-bond donors (Lipinski definition) is 2. The first-order chi connectivity index (χ1) is 8.31. The van der Waals surface area contributed by atoms with Gasteiger partial charge in [0.05, 0.1) is 11.2 Å². The van der Waals surface area contributed by atoms with E-state index in [1.165, 1.54) is 0 Å². The van der Waals surface area contributed by atoms with Crippen molar-refractivity contribution in [3.05, 3.63) is 0 Å². The standard InChI is InChI=1S/C12H23NO4S/c1-3-4-5-6-10(2)13-18(16,17)9-12(7-8-12)11(14)15/h10,13H,3-9H2,1-2H3,(H,14,15). The molecule has 1 aliphatic carbocycles. The molecule has 1 aliphatic rings. The van der Waals surface area contributed by atoms with E-state index >= 15 is 0 Å². The van der Waals surface area contributed by atoms with Crippen LogP contribution in [0.25, 0.3) is 0 Å². The van der Waals surface area contributed by atoms with Gasteiger partial charge in [-0.3, -0.25) is 4.79 Å². The molecular weight excluding hydrogens is 254 g/mol. The fourth-order valence-electron chi connectivity index (χ4n) is 2.04. The average molecular weight is 277 g/mol. The van der Waals surface area contributed by atoms with E-state index < -0.39 is 21.4 Å². The molecule has 0 amide bonds. The molecule has 2 N–H and O–H groups in total. The highest BCUT2D eigenvalue weighted by molar-refractivity contribution is 7.89. The summed E-state index contributed by atoms with van der Waals surface area (Å²) in [5, 5.41) is 8.98. The third-order valence-electron chi connectivity index (χ3n) is 3.39. The molecule has 1 atom stereocenters. The van der Waals surface area contributed by atoms with Gasteiger partial charge in [-0.25, -0.2) is 13.1 Å². The van der Waals surface area contributed by atoms with E-state index in [1.54, 1.807) is 0 Å². The molecule has 0 bridgehead atoms. The molecule has 6 heteroatoms. The Morgan fingerprint density at radius 2 is 2.00 bits per heavy atom. The van der Waals surface area contributed by atoms with E-state index in [0.717, 1.165) is 25.7 Å². The number of aliphatic carboxylic acids is 1. The van der Waals surface area contributed by atoms with Gasteiger partial charge in [0.25, 0.3) is 0 Å². The maximum absolute atomic E-state index is 11.9. The smallest absolute Gasteiger partial charge is 0.310 e. The SMILES string of the molecule is CCCCCC(C)NS(=O)(=O)CC1(C(=O)O)CC1. The van der Waals surface area contributed by atoms with Crippen LogP contribution in [0.3, 0.4) is 0 Å². The van der Waals surface area contributed by atoms with E-state index in [1.807, 2.05) is 6.92 Å². The van der Waals surface area contributed by atoms with E-state index in [-0.39, 0.29) is 11.8 Å². The summed E-state index contributed by atoms with van der Waals surface area (Å²) in [7, 11) is -3.49. The summed E-state index contributed by atoms with van der Waals surface area (Å²) in [6, 6.07) is -0.119. The van der Waals surface area contributed by atoms with E-state index in [4.69, 9.17) is 5.11 Å². The molecular formula is C12H23NO4S. The molecule has 1 saturated carbocycles. The number of carboxylic acids is 1. The molecule has 1 unspecified atom stereocenters. The van der Waals surface area contributed by atoms with Gasteiger partial charge in [0.15, 0.2) is 0 Å². The molecule has 5 nitrogen and oxygen atoms in total. The third kappa shape index (κ3) is 4.57. The molecule has 0 heterocycles. The molecule has 0 radical (unpaired) electrons. The van der Waals surface area contributed by atoms with Crippen LogP contribution in [0.15, 0.2) is 0 Å². The van der Waals surface area contributed by atoms with Gasteiger partial charge in [-0.1, -0.05) is 26.2 Å². The fourth-order valence-corrected chi connectivity index (χ4v) is 4.00. The minimum absolute atomic E-state index is 0.119. The van der Waals surface area contributed by atoms with Crippen LogP contribution >= 0.6 is 0 Å². The van der Waals surface area contributed by atoms with Gasteiger partial charge in [0.1, 0.15) is 0 Å². The molecule has 18 heavy (non-hydrogen) atoms. The van der Waals surface area contributed by atoms with Crippen molar-refractivity contribution in [3.63, 3.8) is 0 Å². The van der Waals surface area contributed by atoms with Gasteiger partial charge in [0, 0.05) is 6.04 Å². The summed E-state index contributed by atoms with van der Waals surface area (Å²) in [5.41, 5.74) is -1.02. The van der Waals surface area contributed by atoms with Gasteiger partial charge in [-0.2, -0.15) is 0 Å². The number of unbranched alkanes of at least 4 members (excludes halogenated alkanes) is 2. The molecule has 0 spiro atoms. The first kappa shape index (κ1) is 15.4. The van der Waals surface area contributed by atoms with Crippen LogP contribution in [0.5, 0.6) is 0 Å². The second kappa shape index (κ2) is 6.02. The molecule has 0 aromatic rings. The zero-order chi connectivity index (χ0) is 13.8. The second-order valence-electron chi connectivity index (χ2n) is 5.36. The van der Waals surface area contributed by atoms with Crippen molar-refractivity contribution in [2.75, 3.05) is 5.75 Å². The molecule has 0 aromatic carbocycles. The highest BCUT2D eigenvalue weighted by atomic mass is 32.2. The Hall–Kier alpha value is -0.620. The number of nitrogens with one attached hydrogen (secondary N) is 1. The van der Waals surface area contributed by atoms with E-state index in [0.29, 0.717) is 12.8 Å². The van der Waals surface area contributed by atoms with Crippen molar-refractivity contribution < 1.29 is 18.3 Å². The van der Waals surface area contributed by atoms with Crippen LogP contribution in [0, 0.1) is 5.41 Å². The van der Waals surface area contributed by atoms with E-state index in [2.05, 4.69) is 11.6 Å². The number of sulfonamides is 1. The van der Waals surface area contributed by atoms with Crippen LogP contribution in [-0.2, 0) is 14.8 Å². The zero-order valence-electron chi connectivity index (χ0n) is 11.1. The van der Waals surface area contributed by atoms with Crippen molar-refractivity contribution >= 4 is 16.0 Å². The Bertz CT molecular complexity index is 387. The Morgan fingerprint density at radius 1 is 1.39 bits per heavy atom. The van der Waals surface area contributed by atoms with Crippen molar-refractivity contribution in [2.45, 2.75) is 58.4 Å². The van der Waals surface area contributed by atoms with Gasteiger partial charge in [0.2, 0.25) is 10.0 Å². The molecule has 106 valence electrons. The lowest BCUT2D eigenvalue weighted by molar-refractivity contribution is -0.142. The highest BCUT2D eigenvalue weighted by Crippen LogP contribution is 2.46. The lowest BCUT2D eigenvalue weighted by atomic mass is 10.1. The van der Waals surface area contributed by atoms with Gasteiger partial charge in [-0.15, -0.1) is 0 Å². The van der Waals surface area contributed by atoms with Crippen LogP contribution < -0.4 is 4.72 Å². The quantitative estimate of drug-likeness (QED) is 0.629. The van der Waals surface area contributed by atoms with Crippen LogP contribution in [0.2, 0.25) is 0 Å². The Kier molecular flexibility index (Phi) is 5.16. The van der Waals surface area contributed by atoms with Gasteiger partial charge in [-0.05, 0) is 26.2 Å². The van der Waals surface area contributed by atoms with E-state index in [9.17, 15) is 13.2 Å². The first-order valence-electron chi connectivity index (χ1n) is 6.55. The average Bonchev–Trinajstić information content (AvgIpc) is 2.97. The van der Waals surface area contributed by atoms with Crippen LogP contribution in [0.1, 0.15) is 52.4 Å². The fraction of sp³-hybridized carbons (Fsp3) is 0.917. The topological polar surface area (TPSA) is 83.5 Å². The summed E-state index contributed by atoms with van der Waals surface area (Å²) in [6.07, 6.45) is 4.91. The molecule has 1 fully saturated rings. The van der Waals surface area contributed by atoms with Crippen LogP contribution in [-0.4, -0.2) is 31.3 Å². The van der Waals surface area contributed by atoms with Crippen LogP contribution in [0.4, 0.5) is 0 Å². The Labute approximate surface area is 109 Å². The van der Waals surface area contributed by atoms with Gasteiger partial charge >= 0.3 is 5.97 Å². The third-order valence-corrected chi connectivity index (χ3v) is 5.09. The number of carbonyl (C=O) groups is 1. The monoisotopic (exact) mass is 277 g/mol. The maximum Gasteiger partial charge on any atom is 0.310 e. The number of rotatable bonds is 9. The summed E-state index contributed by atoms with van der Waals surface area (Å²) in [4.78, 5) is 11.0. The lowest BCUT2D eigenvalue weighted by Gasteiger charge is -2.16. The lowest BCUT2D eigenvalue weighted by Crippen LogP contribution is -2.38. The summed E-state index contributed by atoms with van der Waals surface area (Å²) >= 11 is 0. The Balaban J connectivity index is 2.42. The predicted molar refractivity (Wildman–Crippen MR) is 69.8 cm³/mol. The summed E-state index contributed by atoms with van der Waals surface area (Å²) in [6.45, 7) is 3.92. The molecule has 0 aliphatic heterocycles. The normalized spacial score (nSPS) is 19.4. The maximum atomic E-state index is 11.9. The van der Waals surface area contributed by atoms with Crippen molar-refractivity contribution in [1.29, 1.82) is 0 Å². The van der Waals surface area contributed by atoms with Crippen molar-refractivity contribution in [3.8, 4) is 0 Å². The van der Waals surface area contributed by atoms with Crippen molar-refractivity contribution in [2.24, 2.45) is 5.41 Å². The minimum atomic E-state index is -3.49.